The fourth-order valence-corrected chi connectivity index (χ4v) is 1.70. The molecular weight excluding hydrogens is 215 g/mol. The van der Waals surface area contributed by atoms with Crippen LogP contribution in [0.15, 0.2) is 52.1 Å². The van der Waals surface area contributed by atoms with Crippen molar-refractivity contribution in [2.24, 2.45) is 0 Å². The van der Waals surface area contributed by atoms with Gasteiger partial charge in [0.15, 0.2) is 5.58 Å². The van der Waals surface area contributed by atoms with E-state index in [1.54, 1.807) is 30.6 Å². The van der Waals surface area contributed by atoms with Crippen LogP contribution in [0.3, 0.4) is 0 Å². The number of aromatic nitrogens is 2. The highest BCUT2D eigenvalue weighted by Gasteiger charge is 2.06. The molecular formula is C12H7BN2O2. The lowest BCUT2D eigenvalue weighted by atomic mass is 10.0. The average Bonchev–Trinajstić information content (AvgIpc) is 2.80. The standard InChI is InChI=1S/C12H7BN2O2/c13-10-2-1-9(7-14-10)15-5-3-8-4-6-17-11(8)12(15)16/h1-7H. The minimum absolute atomic E-state index is 0.209. The second kappa shape index (κ2) is 3.62. The van der Waals surface area contributed by atoms with Gasteiger partial charge in [0.25, 0.3) is 5.56 Å². The third-order valence-electron chi connectivity index (χ3n) is 2.56. The summed E-state index contributed by atoms with van der Waals surface area (Å²) in [6.07, 6.45) is 4.73. The van der Waals surface area contributed by atoms with Crippen molar-refractivity contribution in [1.29, 1.82) is 0 Å². The van der Waals surface area contributed by atoms with Crippen molar-refractivity contribution in [3.8, 4) is 5.69 Å². The zero-order chi connectivity index (χ0) is 11.8. The molecule has 3 aromatic rings. The predicted octanol–water partition coefficient (Wildman–Crippen LogP) is 0.772. The Morgan fingerprint density at radius 1 is 1.24 bits per heavy atom. The average molecular weight is 222 g/mol. The zero-order valence-electron chi connectivity index (χ0n) is 8.83. The number of nitrogens with zero attached hydrogens (tertiary/aromatic N) is 2. The Balaban J connectivity index is 2.27. The van der Waals surface area contributed by atoms with E-state index < -0.39 is 0 Å². The summed E-state index contributed by atoms with van der Waals surface area (Å²) in [6.45, 7) is 0. The number of hydrogen-bond acceptors (Lipinski definition) is 3. The van der Waals surface area contributed by atoms with E-state index in [4.69, 9.17) is 12.3 Å². The Labute approximate surface area is 97.9 Å². The fourth-order valence-electron chi connectivity index (χ4n) is 1.70. The highest BCUT2D eigenvalue weighted by atomic mass is 16.3. The second-order valence-corrected chi connectivity index (χ2v) is 3.64. The molecule has 2 radical (unpaired) electrons. The Bertz CT molecular complexity index is 728. The van der Waals surface area contributed by atoms with Crippen LogP contribution in [0, 0.1) is 0 Å². The lowest BCUT2D eigenvalue weighted by molar-refractivity contribution is 0.608. The van der Waals surface area contributed by atoms with Crippen LogP contribution in [0.4, 0.5) is 0 Å². The Hall–Kier alpha value is -2.30. The van der Waals surface area contributed by atoms with Gasteiger partial charge < -0.3 is 4.42 Å². The zero-order valence-corrected chi connectivity index (χ0v) is 8.83. The molecule has 0 amide bonds. The van der Waals surface area contributed by atoms with Crippen LogP contribution in [0.1, 0.15) is 0 Å². The molecule has 0 saturated carbocycles. The van der Waals surface area contributed by atoms with Gasteiger partial charge in [0.05, 0.1) is 18.1 Å². The van der Waals surface area contributed by atoms with Crippen molar-refractivity contribution in [3.63, 3.8) is 0 Å². The van der Waals surface area contributed by atoms with E-state index in [9.17, 15) is 4.79 Å². The van der Waals surface area contributed by atoms with Gasteiger partial charge in [-0.1, -0.05) is 0 Å². The molecule has 0 fully saturated rings. The summed E-state index contributed by atoms with van der Waals surface area (Å²) in [6, 6.07) is 6.95. The van der Waals surface area contributed by atoms with Crippen LogP contribution in [0.5, 0.6) is 0 Å². The van der Waals surface area contributed by atoms with Crippen molar-refractivity contribution in [3.05, 3.63) is 53.3 Å². The first kappa shape index (κ1) is 9.90. The molecule has 17 heavy (non-hydrogen) atoms. The third kappa shape index (κ3) is 1.56. The summed E-state index contributed by atoms with van der Waals surface area (Å²) in [5, 5.41) is 0.787. The van der Waals surface area contributed by atoms with Gasteiger partial charge in [0.1, 0.15) is 7.85 Å². The van der Waals surface area contributed by atoms with E-state index in [0.717, 1.165) is 5.39 Å². The molecule has 80 valence electrons. The molecule has 0 saturated heterocycles. The SMILES string of the molecule is [B]c1ccc(-n2ccc3ccoc3c2=O)cn1. The third-order valence-corrected chi connectivity index (χ3v) is 2.56. The molecule has 0 spiro atoms. The first-order valence-corrected chi connectivity index (χ1v) is 5.06. The Kier molecular flexibility index (Phi) is 2.11. The lowest BCUT2D eigenvalue weighted by Crippen LogP contribution is -2.18. The smallest absolute Gasteiger partial charge is 0.298 e. The van der Waals surface area contributed by atoms with Crippen LogP contribution in [0.25, 0.3) is 16.7 Å². The van der Waals surface area contributed by atoms with Crippen LogP contribution in [0.2, 0.25) is 0 Å². The van der Waals surface area contributed by atoms with Gasteiger partial charge in [-0.2, -0.15) is 0 Å². The van der Waals surface area contributed by atoms with Crippen molar-refractivity contribution in [1.82, 2.24) is 9.55 Å². The molecule has 3 heterocycles. The summed E-state index contributed by atoms with van der Waals surface area (Å²) < 4.78 is 6.63. The van der Waals surface area contributed by atoms with E-state index in [-0.39, 0.29) is 5.56 Å². The van der Waals surface area contributed by atoms with Crippen molar-refractivity contribution < 1.29 is 4.42 Å². The molecule has 0 aliphatic rings. The van der Waals surface area contributed by atoms with Gasteiger partial charge in [-0.3, -0.25) is 14.3 Å². The first-order valence-electron chi connectivity index (χ1n) is 5.06. The van der Waals surface area contributed by atoms with Gasteiger partial charge in [0, 0.05) is 11.6 Å². The van der Waals surface area contributed by atoms with E-state index >= 15 is 0 Å². The van der Waals surface area contributed by atoms with Crippen molar-refractivity contribution >= 4 is 24.4 Å². The normalized spacial score (nSPS) is 10.8. The number of fused-ring (bicyclic) bond motifs is 1. The molecule has 0 N–H and O–H groups in total. The number of rotatable bonds is 1. The molecule has 0 atom stereocenters. The molecule has 3 rings (SSSR count). The van der Waals surface area contributed by atoms with Gasteiger partial charge in [-0.15, -0.1) is 0 Å². The van der Waals surface area contributed by atoms with Gasteiger partial charge in [0.2, 0.25) is 0 Å². The molecule has 0 aromatic carbocycles. The van der Waals surface area contributed by atoms with E-state index in [1.807, 2.05) is 6.07 Å². The highest BCUT2D eigenvalue weighted by Crippen LogP contribution is 2.11. The largest absolute Gasteiger partial charge is 0.459 e. The molecule has 5 heteroatoms. The number of pyridine rings is 2. The Morgan fingerprint density at radius 2 is 2.12 bits per heavy atom. The molecule has 0 bridgehead atoms. The number of hydrogen-bond donors (Lipinski definition) is 0. The first-order chi connectivity index (χ1) is 8.25. The maximum Gasteiger partial charge on any atom is 0.298 e. The minimum atomic E-state index is -0.209. The van der Waals surface area contributed by atoms with E-state index in [0.29, 0.717) is 16.9 Å². The van der Waals surface area contributed by atoms with E-state index in [2.05, 4.69) is 4.98 Å². The van der Waals surface area contributed by atoms with Crippen LogP contribution in [-0.2, 0) is 0 Å². The quantitative estimate of drug-likeness (QED) is 0.571. The van der Waals surface area contributed by atoms with Gasteiger partial charge >= 0.3 is 0 Å². The minimum Gasteiger partial charge on any atom is -0.459 e. The molecule has 0 aliphatic carbocycles. The summed E-state index contributed by atoms with van der Waals surface area (Å²) in [4.78, 5) is 16.0. The van der Waals surface area contributed by atoms with E-state index in [1.165, 1.54) is 10.8 Å². The monoisotopic (exact) mass is 222 g/mol. The maximum absolute atomic E-state index is 12.1. The summed E-state index contributed by atoms with van der Waals surface area (Å²) >= 11 is 0. The van der Waals surface area contributed by atoms with Crippen LogP contribution < -0.4 is 11.2 Å². The Morgan fingerprint density at radius 3 is 2.88 bits per heavy atom. The van der Waals surface area contributed by atoms with Crippen molar-refractivity contribution in [2.45, 2.75) is 0 Å². The molecule has 4 nitrogen and oxygen atoms in total. The van der Waals surface area contributed by atoms with Crippen LogP contribution in [-0.4, -0.2) is 17.4 Å². The highest BCUT2D eigenvalue weighted by molar-refractivity contribution is 6.30. The lowest BCUT2D eigenvalue weighted by Gasteiger charge is -2.04. The molecule has 0 unspecified atom stereocenters. The molecule has 3 aromatic heterocycles. The van der Waals surface area contributed by atoms with Gasteiger partial charge in [-0.25, -0.2) is 0 Å². The van der Waals surface area contributed by atoms with Gasteiger partial charge in [-0.05, 0) is 29.9 Å². The number of furan rings is 1. The predicted molar refractivity (Wildman–Crippen MR) is 65.0 cm³/mol. The second-order valence-electron chi connectivity index (χ2n) is 3.64. The summed E-state index contributed by atoms with van der Waals surface area (Å²) in [5.41, 5.74) is 1.20. The maximum atomic E-state index is 12.1. The fraction of sp³-hybridized carbons (Fsp3) is 0. The summed E-state index contributed by atoms with van der Waals surface area (Å²) in [7, 11) is 5.50. The topological polar surface area (TPSA) is 48.0 Å². The summed E-state index contributed by atoms with van der Waals surface area (Å²) in [5.74, 6) is 0. The van der Waals surface area contributed by atoms with Crippen LogP contribution >= 0.6 is 0 Å². The molecule has 0 aliphatic heterocycles. The van der Waals surface area contributed by atoms with Crippen molar-refractivity contribution in [2.75, 3.05) is 0 Å².